The molecule has 1 fully saturated rings. The van der Waals surface area contributed by atoms with Gasteiger partial charge in [0.25, 0.3) is 11.6 Å². The topological polar surface area (TPSA) is 105 Å². The first-order chi connectivity index (χ1) is 16.1. The molecule has 1 aliphatic heterocycles. The molecule has 0 aliphatic carbocycles. The summed E-state index contributed by atoms with van der Waals surface area (Å²) >= 11 is 0. The van der Waals surface area contributed by atoms with Gasteiger partial charge in [-0.2, -0.15) is 0 Å². The van der Waals surface area contributed by atoms with E-state index in [-0.39, 0.29) is 35.9 Å². The molecule has 0 unspecified atom stereocenters. The summed E-state index contributed by atoms with van der Waals surface area (Å²) in [6, 6.07) is 11.0. The van der Waals surface area contributed by atoms with Gasteiger partial charge in [0.05, 0.1) is 4.92 Å². The summed E-state index contributed by atoms with van der Waals surface area (Å²) in [7, 11) is 0. The van der Waals surface area contributed by atoms with E-state index >= 15 is 0 Å². The maximum atomic E-state index is 12.4. The average molecular weight is 480 g/mol. The van der Waals surface area contributed by atoms with Crippen LogP contribution >= 0.6 is 0 Å². The monoisotopic (exact) mass is 480 g/mol. The van der Waals surface area contributed by atoms with E-state index < -0.39 is 17.2 Å². The smallest absolute Gasteiger partial charge is 0.406 e. The zero-order valence-corrected chi connectivity index (χ0v) is 18.1. The van der Waals surface area contributed by atoms with Gasteiger partial charge in [-0.1, -0.05) is 12.1 Å². The van der Waals surface area contributed by atoms with Crippen molar-refractivity contribution in [2.24, 2.45) is 0 Å². The summed E-state index contributed by atoms with van der Waals surface area (Å²) in [5, 5.41) is 13.3. The first-order valence-corrected chi connectivity index (χ1v) is 10.5. The van der Waals surface area contributed by atoms with E-state index in [1.807, 2.05) is 4.90 Å². The van der Waals surface area contributed by atoms with Crippen LogP contribution in [0, 0.1) is 10.1 Å². The number of carbonyl (C=O) groups excluding carboxylic acids is 2. The largest absolute Gasteiger partial charge is 0.573 e. The lowest BCUT2D eigenvalue weighted by molar-refractivity contribution is -0.384. The Balaban J connectivity index is 1.39. The zero-order valence-electron chi connectivity index (χ0n) is 18.1. The maximum Gasteiger partial charge on any atom is 0.573 e. The SMILES string of the molecule is O=C(NCCC(=O)N1CCN(Cc2cccc(OC(F)(F)F)c2)CC1)c1ccc([N+](=O)[O-])cc1. The summed E-state index contributed by atoms with van der Waals surface area (Å²) < 4.78 is 41.1. The molecule has 0 atom stereocenters. The number of carbonyl (C=O) groups is 2. The second-order valence-corrected chi connectivity index (χ2v) is 7.66. The molecule has 12 heteroatoms. The van der Waals surface area contributed by atoms with E-state index in [4.69, 9.17) is 0 Å². The minimum Gasteiger partial charge on any atom is -0.406 e. The standard InChI is InChI=1S/C22H23F3N4O5/c23-22(24,25)34-19-3-1-2-16(14-19)15-27-10-12-28(13-11-27)20(30)8-9-26-21(31)17-4-6-18(7-5-17)29(32)33/h1-7,14H,8-13,15H2,(H,26,31). The molecule has 0 radical (unpaired) electrons. The molecule has 2 aromatic rings. The van der Waals surface area contributed by atoms with Crippen LogP contribution in [0.2, 0.25) is 0 Å². The molecule has 0 saturated carbocycles. The highest BCUT2D eigenvalue weighted by molar-refractivity contribution is 5.94. The van der Waals surface area contributed by atoms with Gasteiger partial charge in [0.2, 0.25) is 5.91 Å². The Morgan fingerprint density at radius 1 is 1.06 bits per heavy atom. The minimum atomic E-state index is -4.74. The van der Waals surface area contributed by atoms with Crippen LogP contribution in [-0.2, 0) is 11.3 Å². The Morgan fingerprint density at radius 2 is 1.74 bits per heavy atom. The molecule has 34 heavy (non-hydrogen) atoms. The third-order valence-corrected chi connectivity index (χ3v) is 5.23. The van der Waals surface area contributed by atoms with Crippen molar-refractivity contribution in [3.8, 4) is 5.75 Å². The van der Waals surface area contributed by atoms with Crippen molar-refractivity contribution in [3.05, 3.63) is 69.8 Å². The van der Waals surface area contributed by atoms with Gasteiger partial charge >= 0.3 is 6.36 Å². The molecule has 0 bridgehead atoms. The van der Waals surface area contributed by atoms with E-state index in [2.05, 4.69) is 10.1 Å². The third-order valence-electron chi connectivity index (χ3n) is 5.23. The zero-order chi connectivity index (χ0) is 24.7. The third kappa shape index (κ3) is 7.44. The first-order valence-electron chi connectivity index (χ1n) is 10.5. The number of benzene rings is 2. The van der Waals surface area contributed by atoms with Gasteiger partial charge in [-0.15, -0.1) is 13.2 Å². The lowest BCUT2D eigenvalue weighted by atomic mass is 10.2. The molecule has 3 rings (SSSR count). The van der Waals surface area contributed by atoms with Crippen LogP contribution in [-0.4, -0.2) is 65.6 Å². The van der Waals surface area contributed by atoms with Crippen molar-refractivity contribution in [2.45, 2.75) is 19.3 Å². The molecule has 2 amide bonds. The van der Waals surface area contributed by atoms with E-state index in [1.54, 1.807) is 11.0 Å². The van der Waals surface area contributed by atoms with Crippen LogP contribution in [0.5, 0.6) is 5.75 Å². The highest BCUT2D eigenvalue weighted by atomic mass is 19.4. The molecule has 1 N–H and O–H groups in total. The van der Waals surface area contributed by atoms with Crippen LogP contribution in [0.4, 0.5) is 18.9 Å². The average Bonchev–Trinajstić information content (AvgIpc) is 2.78. The molecule has 1 heterocycles. The van der Waals surface area contributed by atoms with Crippen molar-refractivity contribution in [2.75, 3.05) is 32.7 Å². The number of rotatable bonds is 8. The Labute approximate surface area is 193 Å². The van der Waals surface area contributed by atoms with Gasteiger partial charge in [-0.05, 0) is 29.8 Å². The van der Waals surface area contributed by atoms with E-state index in [0.717, 1.165) is 0 Å². The number of nitrogens with one attached hydrogen (secondary N) is 1. The number of nitro groups is 1. The number of hydrogen-bond acceptors (Lipinski definition) is 6. The molecular formula is C22H23F3N4O5. The van der Waals surface area contributed by atoms with Gasteiger partial charge in [0.1, 0.15) is 5.75 Å². The molecule has 2 aromatic carbocycles. The Hall–Kier alpha value is -3.67. The van der Waals surface area contributed by atoms with E-state index in [1.165, 1.54) is 42.5 Å². The Kier molecular flexibility index (Phi) is 8.05. The number of alkyl halides is 3. The van der Waals surface area contributed by atoms with Crippen LogP contribution in [0.15, 0.2) is 48.5 Å². The number of non-ortho nitro benzene ring substituents is 1. The van der Waals surface area contributed by atoms with Crippen LogP contribution in [0.3, 0.4) is 0 Å². The fraction of sp³-hybridized carbons (Fsp3) is 0.364. The van der Waals surface area contributed by atoms with Gasteiger partial charge in [0.15, 0.2) is 0 Å². The molecule has 1 saturated heterocycles. The fourth-order valence-corrected chi connectivity index (χ4v) is 3.53. The lowest BCUT2D eigenvalue weighted by Crippen LogP contribution is -2.48. The van der Waals surface area contributed by atoms with Gasteiger partial charge in [-0.3, -0.25) is 24.6 Å². The first kappa shape index (κ1) is 25.0. The van der Waals surface area contributed by atoms with Crippen molar-refractivity contribution >= 4 is 17.5 Å². The maximum absolute atomic E-state index is 12.4. The minimum absolute atomic E-state index is 0.107. The molecule has 9 nitrogen and oxygen atoms in total. The van der Waals surface area contributed by atoms with Crippen molar-refractivity contribution in [3.63, 3.8) is 0 Å². The predicted octanol–water partition coefficient (Wildman–Crippen LogP) is 2.96. The van der Waals surface area contributed by atoms with E-state index in [9.17, 15) is 32.9 Å². The molecule has 0 aromatic heterocycles. The normalized spacial score (nSPS) is 14.5. The molecule has 0 spiro atoms. The van der Waals surface area contributed by atoms with Crippen LogP contribution in [0.25, 0.3) is 0 Å². The van der Waals surface area contributed by atoms with Crippen molar-refractivity contribution in [1.29, 1.82) is 0 Å². The quantitative estimate of drug-likeness (QED) is 0.460. The summed E-state index contributed by atoms with van der Waals surface area (Å²) in [6.07, 6.45) is -4.64. The summed E-state index contributed by atoms with van der Waals surface area (Å²) in [6.45, 7) is 2.61. The number of piperazine rings is 1. The fourth-order valence-electron chi connectivity index (χ4n) is 3.53. The van der Waals surface area contributed by atoms with Crippen molar-refractivity contribution < 1.29 is 32.4 Å². The van der Waals surface area contributed by atoms with Crippen molar-refractivity contribution in [1.82, 2.24) is 15.1 Å². The summed E-state index contributed by atoms with van der Waals surface area (Å²) in [5.41, 5.74) is 0.820. The summed E-state index contributed by atoms with van der Waals surface area (Å²) in [5.74, 6) is -0.817. The van der Waals surface area contributed by atoms with Gasteiger partial charge in [-0.25, -0.2) is 0 Å². The number of ether oxygens (including phenoxy) is 1. The molecular weight excluding hydrogens is 457 g/mol. The number of hydrogen-bond donors (Lipinski definition) is 1. The summed E-state index contributed by atoms with van der Waals surface area (Å²) in [4.78, 5) is 38.4. The number of nitro benzene ring substituents is 1. The highest BCUT2D eigenvalue weighted by Crippen LogP contribution is 2.24. The number of nitrogens with zero attached hydrogens (tertiary/aromatic N) is 3. The Morgan fingerprint density at radius 3 is 2.35 bits per heavy atom. The molecule has 1 aliphatic rings. The highest BCUT2D eigenvalue weighted by Gasteiger charge is 2.31. The second-order valence-electron chi connectivity index (χ2n) is 7.66. The number of halogens is 3. The second kappa shape index (κ2) is 11.0. The van der Waals surface area contributed by atoms with Crippen LogP contribution in [0.1, 0.15) is 22.3 Å². The number of amides is 2. The van der Waals surface area contributed by atoms with Gasteiger partial charge in [0, 0.05) is 63.4 Å². The Bertz CT molecular complexity index is 1020. The lowest BCUT2D eigenvalue weighted by Gasteiger charge is -2.35. The molecule has 182 valence electrons. The van der Waals surface area contributed by atoms with Crippen LogP contribution < -0.4 is 10.1 Å². The predicted molar refractivity (Wildman–Crippen MR) is 115 cm³/mol. The van der Waals surface area contributed by atoms with E-state index in [0.29, 0.717) is 38.3 Å². The van der Waals surface area contributed by atoms with Gasteiger partial charge < -0.3 is 15.0 Å².